The molecule has 0 fully saturated rings. The number of nitrogens with one attached hydrogen (secondary N) is 2. The maximum absolute atomic E-state index is 11.8. The number of amides is 1. The summed E-state index contributed by atoms with van der Waals surface area (Å²) in [7, 11) is 0. The van der Waals surface area contributed by atoms with Gasteiger partial charge in [0.25, 0.3) is 5.91 Å². The van der Waals surface area contributed by atoms with Crippen LogP contribution in [0.4, 0.5) is 0 Å². The Bertz CT molecular complexity index is 866. The molecule has 128 valence electrons. The molecule has 0 spiro atoms. The number of ether oxygens (including phenoxy) is 1. The second kappa shape index (κ2) is 8.15. The third-order valence-corrected chi connectivity index (χ3v) is 3.85. The molecule has 0 atom stereocenters. The molecule has 25 heavy (non-hydrogen) atoms. The van der Waals surface area contributed by atoms with Crippen molar-refractivity contribution in [2.75, 3.05) is 6.61 Å². The van der Waals surface area contributed by atoms with E-state index >= 15 is 0 Å². The summed E-state index contributed by atoms with van der Waals surface area (Å²) in [4.78, 5) is 15.0. The zero-order chi connectivity index (χ0) is 17.5. The quantitative estimate of drug-likeness (QED) is 0.511. The van der Waals surface area contributed by atoms with Crippen LogP contribution in [0.2, 0.25) is 0 Å². The highest BCUT2D eigenvalue weighted by atomic mass is 16.5. The number of carbonyl (C=O) groups is 1. The largest absolute Gasteiger partial charge is 0.484 e. The normalized spacial score (nSPS) is 11.1. The number of hydrazone groups is 1. The first-order valence-electron chi connectivity index (χ1n) is 8.36. The standard InChI is InChI=1S/C20H21N3O2/c1-2-5-15-8-10-17(11-9-15)25-14-20(24)23-22-13-16-12-21-19-7-4-3-6-18(16)19/h3-4,6-13,21H,2,5,14H2,1H3,(H,23,24)/b22-13+. The van der Waals surface area contributed by atoms with Crippen LogP contribution in [-0.2, 0) is 11.2 Å². The van der Waals surface area contributed by atoms with Crippen molar-refractivity contribution in [3.63, 3.8) is 0 Å². The van der Waals surface area contributed by atoms with Gasteiger partial charge in [-0.15, -0.1) is 0 Å². The number of hydrogen-bond acceptors (Lipinski definition) is 3. The molecule has 0 saturated heterocycles. The molecule has 0 aliphatic heterocycles. The van der Waals surface area contributed by atoms with E-state index in [1.165, 1.54) is 5.56 Å². The zero-order valence-electron chi connectivity index (χ0n) is 14.2. The van der Waals surface area contributed by atoms with Crippen LogP contribution < -0.4 is 10.2 Å². The summed E-state index contributed by atoms with van der Waals surface area (Å²) >= 11 is 0. The average Bonchev–Trinajstić information content (AvgIpc) is 3.05. The van der Waals surface area contributed by atoms with Crippen LogP contribution in [0, 0.1) is 0 Å². The molecule has 2 N–H and O–H groups in total. The van der Waals surface area contributed by atoms with E-state index in [0.717, 1.165) is 29.3 Å². The first-order valence-corrected chi connectivity index (χ1v) is 8.36. The lowest BCUT2D eigenvalue weighted by molar-refractivity contribution is -0.123. The number of benzene rings is 2. The van der Waals surface area contributed by atoms with Gasteiger partial charge in [0.2, 0.25) is 0 Å². The molecule has 0 unspecified atom stereocenters. The molecule has 0 radical (unpaired) electrons. The first-order chi connectivity index (χ1) is 12.3. The molecule has 1 heterocycles. The topological polar surface area (TPSA) is 66.5 Å². The van der Waals surface area contributed by atoms with Gasteiger partial charge >= 0.3 is 0 Å². The van der Waals surface area contributed by atoms with Crippen molar-refractivity contribution in [1.29, 1.82) is 0 Å². The summed E-state index contributed by atoms with van der Waals surface area (Å²) in [6, 6.07) is 15.7. The van der Waals surface area contributed by atoms with E-state index in [4.69, 9.17) is 4.74 Å². The minimum absolute atomic E-state index is 0.0711. The van der Waals surface area contributed by atoms with E-state index in [0.29, 0.717) is 5.75 Å². The minimum atomic E-state index is -0.297. The molecule has 1 aromatic heterocycles. The Kier molecular flexibility index (Phi) is 5.46. The highest BCUT2D eigenvalue weighted by molar-refractivity contribution is 5.99. The van der Waals surface area contributed by atoms with E-state index in [2.05, 4.69) is 22.4 Å². The van der Waals surface area contributed by atoms with Crippen LogP contribution in [0.5, 0.6) is 5.75 Å². The molecule has 3 rings (SSSR count). The Morgan fingerprint density at radius 3 is 2.80 bits per heavy atom. The molecule has 5 nitrogen and oxygen atoms in total. The van der Waals surface area contributed by atoms with Crippen LogP contribution in [-0.4, -0.2) is 23.7 Å². The van der Waals surface area contributed by atoms with Gasteiger partial charge in [0.05, 0.1) is 6.21 Å². The van der Waals surface area contributed by atoms with E-state index in [-0.39, 0.29) is 12.5 Å². The molecule has 3 aromatic rings. The molecule has 0 bridgehead atoms. The minimum Gasteiger partial charge on any atom is -0.484 e. The lowest BCUT2D eigenvalue weighted by Gasteiger charge is -2.06. The fraction of sp³-hybridized carbons (Fsp3) is 0.200. The third kappa shape index (κ3) is 4.47. The van der Waals surface area contributed by atoms with Gasteiger partial charge in [-0.05, 0) is 30.2 Å². The Morgan fingerprint density at radius 2 is 2.00 bits per heavy atom. The van der Waals surface area contributed by atoms with Gasteiger partial charge < -0.3 is 9.72 Å². The van der Waals surface area contributed by atoms with Gasteiger partial charge in [0.15, 0.2) is 6.61 Å². The molecule has 5 heteroatoms. The van der Waals surface area contributed by atoms with Gasteiger partial charge in [0, 0.05) is 22.7 Å². The van der Waals surface area contributed by atoms with Gasteiger partial charge in [-0.3, -0.25) is 4.79 Å². The number of fused-ring (bicyclic) bond motifs is 1. The number of nitrogens with zero attached hydrogens (tertiary/aromatic N) is 1. The van der Waals surface area contributed by atoms with Crippen molar-refractivity contribution in [3.8, 4) is 5.75 Å². The summed E-state index contributed by atoms with van der Waals surface area (Å²) < 4.78 is 5.47. The maximum atomic E-state index is 11.8. The summed E-state index contributed by atoms with van der Waals surface area (Å²) in [5.74, 6) is 0.379. The maximum Gasteiger partial charge on any atom is 0.277 e. The molecular weight excluding hydrogens is 314 g/mol. The second-order valence-corrected chi connectivity index (χ2v) is 5.77. The Morgan fingerprint density at radius 1 is 1.20 bits per heavy atom. The Balaban J connectivity index is 1.49. The van der Waals surface area contributed by atoms with Crippen LogP contribution in [0.3, 0.4) is 0 Å². The number of aromatic amines is 1. The van der Waals surface area contributed by atoms with Crippen molar-refractivity contribution < 1.29 is 9.53 Å². The summed E-state index contributed by atoms with van der Waals surface area (Å²) in [5, 5.41) is 5.05. The number of hydrogen-bond donors (Lipinski definition) is 2. The summed E-state index contributed by atoms with van der Waals surface area (Å²) in [5.41, 5.74) is 5.70. The lowest BCUT2D eigenvalue weighted by Crippen LogP contribution is -2.24. The number of H-pyrrole nitrogens is 1. The second-order valence-electron chi connectivity index (χ2n) is 5.77. The van der Waals surface area contributed by atoms with Gasteiger partial charge in [-0.25, -0.2) is 5.43 Å². The number of carbonyl (C=O) groups excluding carboxylic acids is 1. The Labute approximate surface area is 146 Å². The SMILES string of the molecule is CCCc1ccc(OCC(=O)N/N=C/c2c[nH]c3ccccc23)cc1. The molecule has 0 aliphatic carbocycles. The van der Waals surface area contributed by atoms with Crippen LogP contribution in [0.1, 0.15) is 24.5 Å². The number of aryl methyl sites for hydroxylation is 1. The lowest BCUT2D eigenvalue weighted by atomic mass is 10.1. The van der Waals surface area contributed by atoms with E-state index in [1.807, 2.05) is 54.7 Å². The predicted molar refractivity (Wildman–Crippen MR) is 100.0 cm³/mol. The van der Waals surface area contributed by atoms with Crippen molar-refractivity contribution in [2.24, 2.45) is 5.10 Å². The van der Waals surface area contributed by atoms with Crippen LogP contribution >= 0.6 is 0 Å². The van der Waals surface area contributed by atoms with E-state index in [1.54, 1.807) is 6.21 Å². The smallest absolute Gasteiger partial charge is 0.277 e. The summed E-state index contributed by atoms with van der Waals surface area (Å²) in [6.07, 6.45) is 5.63. The number of rotatable bonds is 7. The zero-order valence-corrected chi connectivity index (χ0v) is 14.2. The molecular formula is C20H21N3O2. The van der Waals surface area contributed by atoms with Crippen LogP contribution in [0.25, 0.3) is 10.9 Å². The van der Waals surface area contributed by atoms with E-state index < -0.39 is 0 Å². The highest BCUT2D eigenvalue weighted by Gasteiger charge is 2.03. The van der Waals surface area contributed by atoms with Crippen LogP contribution in [0.15, 0.2) is 59.8 Å². The van der Waals surface area contributed by atoms with Gasteiger partial charge in [-0.1, -0.05) is 43.7 Å². The third-order valence-electron chi connectivity index (χ3n) is 3.85. The van der Waals surface area contributed by atoms with Crippen molar-refractivity contribution in [2.45, 2.75) is 19.8 Å². The molecule has 2 aromatic carbocycles. The van der Waals surface area contributed by atoms with Crippen molar-refractivity contribution >= 4 is 23.0 Å². The van der Waals surface area contributed by atoms with Crippen molar-refractivity contribution in [1.82, 2.24) is 10.4 Å². The fourth-order valence-corrected chi connectivity index (χ4v) is 2.60. The predicted octanol–water partition coefficient (Wildman–Crippen LogP) is 3.65. The number of aromatic nitrogens is 1. The molecule has 0 saturated carbocycles. The average molecular weight is 335 g/mol. The molecule has 0 aliphatic rings. The van der Waals surface area contributed by atoms with E-state index in [9.17, 15) is 4.79 Å². The van der Waals surface area contributed by atoms with Crippen molar-refractivity contribution in [3.05, 3.63) is 65.9 Å². The summed E-state index contributed by atoms with van der Waals surface area (Å²) in [6.45, 7) is 2.07. The first kappa shape index (κ1) is 16.8. The van der Waals surface area contributed by atoms with Gasteiger partial charge in [-0.2, -0.15) is 5.10 Å². The highest BCUT2D eigenvalue weighted by Crippen LogP contribution is 2.15. The Hall–Kier alpha value is -3.08. The van der Waals surface area contributed by atoms with Gasteiger partial charge in [0.1, 0.15) is 5.75 Å². The fourth-order valence-electron chi connectivity index (χ4n) is 2.60. The monoisotopic (exact) mass is 335 g/mol. The number of para-hydroxylation sites is 1. The molecule has 1 amide bonds.